The summed E-state index contributed by atoms with van der Waals surface area (Å²) >= 11 is 0. The number of cyclic esters (lactones) is 1. The molecule has 22 atom stereocenters. The molecule has 7 fully saturated rings. The fraction of sp³-hybridized carbons (Fsp3) is 0.907. The van der Waals surface area contributed by atoms with Crippen LogP contribution in [-0.4, -0.2) is 170 Å². The normalized spacial score (nSPS) is 52.4. The molecule has 3 saturated heterocycles. The van der Waals surface area contributed by atoms with E-state index in [1.807, 2.05) is 0 Å². The van der Waals surface area contributed by atoms with Gasteiger partial charge in [0, 0.05) is 24.8 Å². The Morgan fingerprint density at radius 3 is 2.13 bits per heavy atom. The van der Waals surface area contributed by atoms with E-state index in [9.17, 15) is 50.4 Å². The van der Waals surface area contributed by atoms with E-state index in [1.54, 1.807) is 13.0 Å². The van der Waals surface area contributed by atoms with Gasteiger partial charge in [0.25, 0.3) is 0 Å². The minimum Gasteiger partial charge on any atom is -0.459 e. The van der Waals surface area contributed by atoms with Crippen LogP contribution < -0.4 is 0 Å². The zero-order valence-corrected chi connectivity index (χ0v) is 35.4. The lowest BCUT2D eigenvalue weighted by Gasteiger charge is -2.64. The van der Waals surface area contributed by atoms with Gasteiger partial charge in [0.15, 0.2) is 18.9 Å². The van der Waals surface area contributed by atoms with Crippen LogP contribution in [0.25, 0.3) is 0 Å². The molecule has 4 saturated carbocycles. The first-order valence-electron chi connectivity index (χ1n) is 22.2. The van der Waals surface area contributed by atoms with Crippen molar-refractivity contribution >= 4 is 11.9 Å². The number of hydrogen-bond donors (Lipinski definition) is 8. The number of rotatable bonds is 10. The Kier molecular flexibility index (Phi) is 13.1. The monoisotopic (exact) mass is 870 g/mol. The topological polar surface area (TPSA) is 270 Å². The predicted octanol–water partition coefficient (Wildman–Crippen LogP) is -0.295. The Morgan fingerprint density at radius 2 is 1.46 bits per heavy atom. The molecule has 61 heavy (non-hydrogen) atoms. The van der Waals surface area contributed by atoms with Crippen LogP contribution in [0.1, 0.15) is 91.9 Å². The van der Waals surface area contributed by atoms with Crippen LogP contribution in [0.15, 0.2) is 11.6 Å². The molecule has 8 N–H and O–H groups in total. The van der Waals surface area contributed by atoms with E-state index in [4.69, 9.17) is 37.9 Å². The summed E-state index contributed by atoms with van der Waals surface area (Å²) in [7, 11) is 0. The molecule has 18 heteroatoms. The second-order valence-electron chi connectivity index (χ2n) is 19.6. The number of carbonyl (C=O) groups excluding carboxylic acids is 2. The highest BCUT2D eigenvalue weighted by atomic mass is 16.8. The molecule has 0 unspecified atom stereocenters. The standard InChI is InChI=1S/C43H66O18/c1-19-37(60-40-36(52)34(50)38(29(17-45)59-40)61-39-35(51)33(49)32(48)28(16-44)58-39)27(56-20(2)46)15-31(55-19)57-23-7-10-41(3)22(14-23)5-6-26-25(41)8-11-42(4)24(9-12-43(26,42)53)21-13-30(47)54-18-21/h13,19,22-29,31-40,44-45,48-53H,5-12,14-18H2,1-4H3/t19-,22-,23+,24-,25+,26-,27+,28-,29-,31+,32-,33+,34-,35-,36-,37-,38-,39+,40+,41+,42-,43+/m1/s1. The molecule has 8 rings (SSSR count). The summed E-state index contributed by atoms with van der Waals surface area (Å²) in [6.07, 6.45) is -10.0. The maximum atomic E-state index is 12.6. The van der Waals surface area contributed by atoms with Crippen LogP contribution in [0, 0.1) is 34.5 Å². The molecular formula is C43H66O18. The molecule has 0 aromatic heterocycles. The molecule has 0 amide bonds. The molecule has 0 aromatic rings. The van der Waals surface area contributed by atoms with Gasteiger partial charge in [0.1, 0.15) is 67.6 Å². The molecule has 4 heterocycles. The lowest BCUT2D eigenvalue weighted by Crippen LogP contribution is -2.65. The second-order valence-corrected chi connectivity index (χ2v) is 19.6. The second kappa shape index (κ2) is 17.5. The summed E-state index contributed by atoms with van der Waals surface area (Å²) < 4.78 is 47.1. The Bertz CT molecular complexity index is 1630. The molecule has 0 bridgehead atoms. The number of aliphatic hydroxyl groups excluding tert-OH is 7. The lowest BCUT2D eigenvalue weighted by molar-refractivity contribution is -0.373. The third-order valence-electron chi connectivity index (χ3n) is 16.5. The number of esters is 2. The number of ether oxygens (including phenoxy) is 8. The van der Waals surface area contributed by atoms with Crippen molar-refractivity contribution in [3.05, 3.63) is 11.6 Å². The van der Waals surface area contributed by atoms with Gasteiger partial charge in [0.2, 0.25) is 0 Å². The van der Waals surface area contributed by atoms with Crippen molar-refractivity contribution in [3.8, 4) is 0 Å². The summed E-state index contributed by atoms with van der Waals surface area (Å²) in [4.78, 5) is 24.4. The highest BCUT2D eigenvalue weighted by molar-refractivity contribution is 5.85. The number of carbonyl (C=O) groups is 2. The van der Waals surface area contributed by atoms with E-state index < -0.39 is 111 Å². The van der Waals surface area contributed by atoms with Gasteiger partial charge in [-0.05, 0) is 99.4 Å². The van der Waals surface area contributed by atoms with E-state index in [0.717, 1.165) is 63.4 Å². The summed E-state index contributed by atoms with van der Waals surface area (Å²) in [6, 6.07) is 0. The predicted molar refractivity (Wildman–Crippen MR) is 206 cm³/mol. The largest absolute Gasteiger partial charge is 0.459 e. The molecule has 4 aliphatic heterocycles. The fourth-order valence-corrected chi connectivity index (χ4v) is 13.1. The average Bonchev–Trinajstić information content (AvgIpc) is 3.77. The van der Waals surface area contributed by atoms with Gasteiger partial charge in [0.05, 0.1) is 31.0 Å². The van der Waals surface area contributed by atoms with Gasteiger partial charge >= 0.3 is 11.9 Å². The molecule has 4 aliphatic carbocycles. The van der Waals surface area contributed by atoms with Crippen LogP contribution in [0.3, 0.4) is 0 Å². The number of fused-ring (bicyclic) bond motifs is 5. The zero-order valence-electron chi connectivity index (χ0n) is 35.4. The van der Waals surface area contributed by atoms with E-state index in [1.165, 1.54) is 6.92 Å². The molecular weight excluding hydrogens is 804 g/mol. The summed E-state index contributed by atoms with van der Waals surface area (Å²) in [5.74, 6) is 0.204. The smallest absolute Gasteiger partial charge is 0.331 e. The van der Waals surface area contributed by atoms with Crippen LogP contribution in [-0.2, 0) is 47.5 Å². The van der Waals surface area contributed by atoms with Gasteiger partial charge in [-0.15, -0.1) is 0 Å². The van der Waals surface area contributed by atoms with Crippen LogP contribution in [0.4, 0.5) is 0 Å². The van der Waals surface area contributed by atoms with Gasteiger partial charge in [-0.25, -0.2) is 4.79 Å². The van der Waals surface area contributed by atoms with Crippen molar-refractivity contribution in [2.75, 3.05) is 19.8 Å². The van der Waals surface area contributed by atoms with Crippen molar-refractivity contribution < 1.29 is 88.3 Å². The van der Waals surface area contributed by atoms with Gasteiger partial charge in [-0.2, -0.15) is 0 Å². The minimum absolute atomic E-state index is 0.0280. The number of aliphatic hydroxyl groups is 8. The average molecular weight is 871 g/mol. The first kappa shape index (κ1) is 45.7. The van der Waals surface area contributed by atoms with Crippen molar-refractivity contribution in [3.63, 3.8) is 0 Å². The SMILES string of the molecule is CC(=O)O[C@H]1C[C@H](O[C@H]2CC[C@@]3(C)[C@H](CC[C@@H]4[C@@H]3CC[C@]3(C)[C@@H](C5=CC(=O)OC5)CC[C@]43O)C2)O[C@H](C)[C@H]1O[C@@H]1O[C@H](CO)[C@@H](O[C@@H]2O[C@H](CO)[C@@H](O)[C@H](O)[C@H]2O)[C@H](O)[C@H]1O. The van der Waals surface area contributed by atoms with Crippen LogP contribution in [0.5, 0.6) is 0 Å². The first-order valence-corrected chi connectivity index (χ1v) is 22.2. The maximum absolute atomic E-state index is 12.6. The van der Waals surface area contributed by atoms with Gasteiger partial charge in [-0.3, -0.25) is 4.79 Å². The van der Waals surface area contributed by atoms with Crippen molar-refractivity contribution in [2.24, 2.45) is 34.5 Å². The molecule has 0 spiro atoms. The van der Waals surface area contributed by atoms with E-state index >= 15 is 0 Å². The maximum Gasteiger partial charge on any atom is 0.331 e. The Labute approximate surface area is 355 Å². The van der Waals surface area contributed by atoms with Crippen molar-refractivity contribution in [2.45, 2.75) is 190 Å². The van der Waals surface area contributed by atoms with Gasteiger partial charge < -0.3 is 78.7 Å². The number of hydrogen-bond acceptors (Lipinski definition) is 18. The molecule has 8 aliphatic rings. The Morgan fingerprint density at radius 1 is 0.770 bits per heavy atom. The van der Waals surface area contributed by atoms with Crippen molar-refractivity contribution in [1.82, 2.24) is 0 Å². The fourth-order valence-electron chi connectivity index (χ4n) is 13.1. The minimum atomic E-state index is -1.81. The third kappa shape index (κ3) is 8.02. The highest BCUT2D eigenvalue weighted by Gasteiger charge is 2.68. The van der Waals surface area contributed by atoms with E-state index in [-0.39, 0.29) is 41.2 Å². The van der Waals surface area contributed by atoms with Crippen LogP contribution in [0.2, 0.25) is 0 Å². The highest BCUT2D eigenvalue weighted by Crippen LogP contribution is 2.70. The van der Waals surface area contributed by atoms with Crippen LogP contribution >= 0.6 is 0 Å². The molecule has 0 aromatic carbocycles. The van der Waals surface area contributed by atoms with E-state index in [0.29, 0.717) is 18.4 Å². The quantitative estimate of drug-likeness (QED) is 0.103. The Balaban J connectivity index is 0.885. The van der Waals surface area contributed by atoms with Gasteiger partial charge in [-0.1, -0.05) is 13.8 Å². The summed E-state index contributed by atoms with van der Waals surface area (Å²) in [6.45, 7) is 6.47. The van der Waals surface area contributed by atoms with Crippen molar-refractivity contribution in [1.29, 1.82) is 0 Å². The van der Waals surface area contributed by atoms with E-state index in [2.05, 4.69) is 13.8 Å². The zero-order chi connectivity index (χ0) is 43.8. The Hall–Kier alpha value is -1.88. The third-order valence-corrected chi connectivity index (χ3v) is 16.5. The summed E-state index contributed by atoms with van der Waals surface area (Å²) in [5, 5.41) is 85.6. The molecule has 0 radical (unpaired) electrons. The first-order chi connectivity index (χ1) is 28.9. The molecule has 18 nitrogen and oxygen atoms in total. The molecule has 346 valence electrons. The summed E-state index contributed by atoms with van der Waals surface area (Å²) in [5.41, 5.74) is -0.0509. The lowest BCUT2D eigenvalue weighted by atomic mass is 9.43.